The van der Waals surface area contributed by atoms with Gasteiger partial charge in [0.1, 0.15) is 6.10 Å². The lowest BCUT2D eigenvalue weighted by Gasteiger charge is -2.27. The molecule has 0 aliphatic carbocycles. The molecular formula is C25H28O6. The number of allylic oxidation sites excluding steroid dienone is 1. The monoisotopic (exact) mass is 424 g/mol. The largest absolute Gasteiger partial charge is 0.468 e. The van der Waals surface area contributed by atoms with E-state index >= 15 is 0 Å². The lowest BCUT2D eigenvalue weighted by molar-refractivity contribution is -0.169. The molecule has 31 heavy (non-hydrogen) atoms. The molecule has 0 aliphatic rings. The summed E-state index contributed by atoms with van der Waals surface area (Å²) in [6, 6.07) is 16.8. The number of hydrogen-bond acceptors (Lipinski definition) is 6. The molecule has 2 aromatic carbocycles. The van der Waals surface area contributed by atoms with Crippen molar-refractivity contribution in [2.45, 2.75) is 32.8 Å². The second-order valence-electron chi connectivity index (χ2n) is 7.30. The molecule has 0 saturated heterocycles. The van der Waals surface area contributed by atoms with Gasteiger partial charge >= 0.3 is 17.9 Å². The Balaban J connectivity index is 2.39. The number of ether oxygens (including phenoxy) is 3. The average molecular weight is 424 g/mol. The van der Waals surface area contributed by atoms with Gasteiger partial charge < -0.3 is 14.2 Å². The highest BCUT2D eigenvalue weighted by atomic mass is 16.5. The second-order valence-corrected chi connectivity index (χ2v) is 7.30. The first kappa shape index (κ1) is 23.9. The van der Waals surface area contributed by atoms with Crippen LogP contribution in [0.5, 0.6) is 0 Å². The van der Waals surface area contributed by atoms with E-state index < -0.39 is 29.4 Å². The predicted octanol–water partition coefficient (Wildman–Crippen LogP) is 4.12. The fraction of sp³-hybridized carbons (Fsp3) is 0.320. The van der Waals surface area contributed by atoms with Crippen molar-refractivity contribution < 1.29 is 28.6 Å². The van der Waals surface area contributed by atoms with Crippen molar-refractivity contribution in [3.8, 4) is 0 Å². The van der Waals surface area contributed by atoms with Crippen molar-refractivity contribution in [3.63, 3.8) is 0 Å². The van der Waals surface area contributed by atoms with E-state index in [0.29, 0.717) is 0 Å². The molecule has 2 rings (SSSR count). The highest BCUT2D eigenvalue weighted by Gasteiger charge is 2.47. The number of methoxy groups -OCH3 is 2. The van der Waals surface area contributed by atoms with Gasteiger partial charge in [0.15, 0.2) is 5.41 Å². The maximum absolute atomic E-state index is 12.8. The Kier molecular flexibility index (Phi) is 8.55. The number of carbonyl (C=O) groups is 3. The van der Waals surface area contributed by atoms with Gasteiger partial charge in [0.25, 0.3) is 0 Å². The van der Waals surface area contributed by atoms with Gasteiger partial charge in [-0.25, -0.2) is 0 Å². The summed E-state index contributed by atoms with van der Waals surface area (Å²) < 4.78 is 15.4. The predicted molar refractivity (Wildman–Crippen MR) is 116 cm³/mol. The van der Waals surface area contributed by atoms with Crippen LogP contribution in [0.2, 0.25) is 0 Å². The number of aryl methyl sites for hydroxylation is 1. The quantitative estimate of drug-likeness (QED) is 0.261. The van der Waals surface area contributed by atoms with E-state index in [9.17, 15) is 14.4 Å². The summed E-state index contributed by atoms with van der Waals surface area (Å²) in [6.07, 6.45) is 2.80. The maximum Gasteiger partial charge on any atom is 0.323 e. The standard InChI is InChI=1S/C25H28O6/c1-18-10-8-11-20(16-18)17-25(23(27)29-3,24(28)30-4)15-9-14-22(31-19(2)26)21-12-6-5-7-13-21/h5-14,16,22H,15,17H2,1-4H3/b14-9+. The third-order valence-electron chi connectivity index (χ3n) is 4.94. The molecule has 0 radical (unpaired) electrons. The van der Waals surface area contributed by atoms with Crippen LogP contribution in [-0.2, 0) is 35.0 Å². The summed E-state index contributed by atoms with van der Waals surface area (Å²) >= 11 is 0. The van der Waals surface area contributed by atoms with Gasteiger partial charge in [0.05, 0.1) is 14.2 Å². The minimum absolute atomic E-state index is 0.0187. The van der Waals surface area contributed by atoms with Gasteiger partial charge in [-0.3, -0.25) is 14.4 Å². The van der Waals surface area contributed by atoms with Crippen LogP contribution in [0.1, 0.15) is 36.1 Å². The number of rotatable bonds is 9. The lowest BCUT2D eigenvalue weighted by atomic mass is 9.78. The Bertz CT molecular complexity index is 916. The first-order chi connectivity index (χ1) is 14.8. The Hall–Kier alpha value is -3.41. The Labute approximate surface area is 182 Å². The fourth-order valence-electron chi connectivity index (χ4n) is 3.46. The molecule has 2 aromatic rings. The highest BCUT2D eigenvalue weighted by molar-refractivity contribution is 6.00. The van der Waals surface area contributed by atoms with E-state index in [1.165, 1.54) is 21.1 Å². The Morgan fingerprint density at radius 3 is 2.16 bits per heavy atom. The molecule has 1 atom stereocenters. The van der Waals surface area contributed by atoms with Crippen molar-refractivity contribution in [1.82, 2.24) is 0 Å². The van der Waals surface area contributed by atoms with E-state index in [1.807, 2.05) is 61.5 Å². The molecule has 0 amide bonds. The van der Waals surface area contributed by atoms with Gasteiger partial charge in [0.2, 0.25) is 0 Å². The summed E-state index contributed by atoms with van der Waals surface area (Å²) in [5.41, 5.74) is 1.03. The minimum atomic E-state index is -1.56. The molecule has 0 spiro atoms. The smallest absolute Gasteiger partial charge is 0.323 e. The van der Waals surface area contributed by atoms with E-state index in [-0.39, 0.29) is 12.8 Å². The van der Waals surface area contributed by atoms with Crippen LogP contribution in [-0.4, -0.2) is 32.1 Å². The van der Waals surface area contributed by atoms with Crippen molar-refractivity contribution in [3.05, 3.63) is 83.4 Å². The highest BCUT2D eigenvalue weighted by Crippen LogP contribution is 2.32. The summed E-state index contributed by atoms with van der Waals surface area (Å²) in [5.74, 6) is -1.81. The third-order valence-corrected chi connectivity index (χ3v) is 4.94. The Morgan fingerprint density at radius 2 is 1.61 bits per heavy atom. The molecule has 0 aliphatic heterocycles. The molecule has 0 N–H and O–H groups in total. The second kappa shape index (κ2) is 11.1. The topological polar surface area (TPSA) is 78.9 Å². The van der Waals surface area contributed by atoms with Crippen LogP contribution in [0.3, 0.4) is 0 Å². The first-order valence-corrected chi connectivity index (χ1v) is 9.93. The van der Waals surface area contributed by atoms with Crippen molar-refractivity contribution in [2.24, 2.45) is 5.41 Å². The number of esters is 3. The molecular weight excluding hydrogens is 396 g/mol. The van der Waals surface area contributed by atoms with Gasteiger partial charge in [-0.15, -0.1) is 0 Å². The fourth-order valence-corrected chi connectivity index (χ4v) is 3.46. The molecule has 0 heterocycles. The summed E-state index contributed by atoms with van der Waals surface area (Å²) in [5, 5.41) is 0. The number of benzene rings is 2. The molecule has 0 bridgehead atoms. The van der Waals surface area contributed by atoms with E-state index in [1.54, 1.807) is 12.2 Å². The lowest BCUT2D eigenvalue weighted by Crippen LogP contribution is -2.43. The zero-order valence-corrected chi connectivity index (χ0v) is 18.3. The van der Waals surface area contributed by atoms with Crippen LogP contribution in [0.25, 0.3) is 0 Å². The normalized spacial score (nSPS) is 12.3. The zero-order chi connectivity index (χ0) is 22.9. The molecule has 0 aromatic heterocycles. The molecule has 1 unspecified atom stereocenters. The first-order valence-electron chi connectivity index (χ1n) is 9.93. The number of carbonyl (C=O) groups excluding carboxylic acids is 3. The molecule has 6 heteroatoms. The Morgan fingerprint density at radius 1 is 0.968 bits per heavy atom. The van der Waals surface area contributed by atoms with Gasteiger partial charge in [-0.2, -0.15) is 0 Å². The van der Waals surface area contributed by atoms with Gasteiger partial charge in [-0.1, -0.05) is 66.2 Å². The summed E-state index contributed by atoms with van der Waals surface area (Å²) in [4.78, 5) is 37.2. The molecule has 6 nitrogen and oxygen atoms in total. The molecule has 0 fully saturated rings. The van der Waals surface area contributed by atoms with Crippen LogP contribution in [0.15, 0.2) is 66.7 Å². The third kappa shape index (κ3) is 6.28. The molecule has 164 valence electrons. The van der Waals surface area contributed by atoms with Crippen LogP contribution in [0.4, 0.5) is 0 Å². The average Bonchev–Trinajstić information content (AvgIpc) is 2.76. The van der Waals surface area contributed by atoms with E-state index in [2.05, 4.69) is 0 Å². The zero-order valence-electron chi connectivity index (χ0n) is 18.3. The number of hydrogen-bond donors (Lipinski definition) is 0. The summed E-state index contributed by atoms with van der Waals surface area (Å²) in [7, 11) is 2.48. The maximum atomic E-state index is 12.8. The van der Waals surface area contributed by atoms with E-state index in [4.69, 9.17) is 14.2 Å². The summed E-state index contributed by atoms with van der Waals surface area (Å²) in [6.45, 7) is 3.26. The van der Waals surface area contributed by atoms with Gasteiger partial charge in [0, 0.05) is 6.92 Å². The minimum Gasteiger partial charge on any atom is -0.468 e. The van der Waals surface area contributed by atoms with Crippen LogP contribution >= 0.6 is 0 Å². The van der Waals surface area contributed by atoms with Crippen LogP contribution in [0, 0.1) is 12.3 Å². The van der Waals surface area contributed by atoms with E-state index in [0.717, 1.165) is 16.7 Å². The van der Waals surface area contributed by atoms with Gasteiger partial charge in [-0.05, 0) is 37.0 Å². The van der Waals surface area contributed by atoms with Crippen LogP contribution < -0.4 is 0 Å². The van der Waals surface area contributed by atoms with Crippen molar-refractivity contribution >= 4 is 17.9 Å². The molecule has 0 saturated carbocycles. The van der Waals surface area contributed by atoms with Crippen molar-refractivity contribution in [1.29, 1.82) is 0 Å². The SMILES string of the molecule is COC(=O)C(C/C=C/C(OC(C)=O)c1ccccc1)(Cc1cccc(C)c1)C(=O)OC. The van der Waals surface area contributed by atoms with Crippen molar-refractivity contribution in [2.75, 3.05) is 14.2 Å².